The summed E-state index contributed by atoms with van der Waals surface area (Å²) in [5.74, 6) is 1.43. The van der Waals surface area contributed by atoms with E-state index in [0.29, 0.717) is 36.0 Å². The van der Waals surface area contributed by atoms with Crippen molar-refractivity contribution in [2.75, 3.05) is 20.3 Å². The molecule has 0 radical (unpaired) electrons. The molecule has 0 atom stereocenters. The van der Waals surface area contributed by atoms with Crippen molar-refractivity contribution in [1.29, 1.82) is 15.8 Å². The summed E-state index contributed by atoms with van der Waals surface area (Å²) in [4.78, 5) is 0. The second kappa shape index (κ2) is 6.89. The van der Waals surface area contributed by atoms with Crippen LogP contribution in [0.15, 0.2) is 29.0 Å². The van der Waals surface area contributed by atoms with Crippen LogP contribution in [0.2, 0.25) is 0 Å². The fraction of sp³-hybridized carbons (Fsp3) is 0.188. The first-order valence-electron chi connectivity index (χ1n) is 6.54. The number of hydrogen-bond acceptors (Lipinski definition) is 7. The Morgan fingerprint density at radius 2 is 1.87 bits per heavy atom. The van der Waals surface area contributed by atoms with E-state index in [4.69, 9.17) is 30.5 Å². The van der Waals surface area contributed by atoms with Crippen molar-refractivity contribution in [2.24, 2.45) is 5.73 Å². The largest absolute Gasteiger partial charge is 0.493 e. The molecule has 0 bridgehead atoms. The lowest BCUT2D eigenvalue weighted by Crippen LogP contribution is -2.16. The van der Waals surface area contributed by atoms with E-state index in [0.717, 1.165) is 0 Å². The van der Waals surface area contributed by atoms with Crippen LogP contribution in [-0.4, -0.2) is 20.3 Å². The Labute approximate surface area is 133 Å². The Balaban J connectivity index is 2.54. The van der Waals surface area contributed by atoms with Crippen molar-refractivity contribution in [3.63, 3.8) is 0 Å². The third-order valence-corrected chi connectivity index (χ3v) is 3.06. The van der Waals surface area contributed by atoms with Gasteiger partial charge in [0.15, 0.2) is 17.1 Å². The standard InChI is InChI=1S/C16H12N4O3/c1-21-13-5-10(6-14-16(13)23-3-2-22-14)4-11(7-17)15(20)12(8-18)9-19/h4-6H,2-3,20H2,1H3. The van der Waals surface area contributed by atoms with Gasteiger partial charge in [0.25, 0.3) is 0 Å². The highest BCUT2D eigenvalue weighted by atomic mass is 16.6. The summed E-state index contributed by atoms with van der Waals surface area (Å²) in [6.45, 7) is 0.828. The molecule has 0 fully saturated rings. The normalized spacial score (nSPS) is 12.3. The number of nitrogens with zero attached hydrogens (tertiary/aromatic N) is 3. The zero-order valence-corrected chi connectivity index (χ0v) is 12.3. The Morgan fingerprint density at radius 1 is 1.17 bits per heavy atom. The first-order valence-corrected chi connectivity index (χ1v) is 6.54. The molecule has 1 aromatic carbocycles. The number of allylic oxidation sites excluding steroid dienone is 2. The van der Waals surface area contributed by atoms with Crippen LogP contribution in [0.5, 0.6) is 17.2 Å². The third kappa shape index (κ3) is 3.18. The SMILES string of the molecule is COc1cc(C=C(C#N)C(N)=C(C#N)C#N)cc2c1OCCO2. The fourth-order valence-electron chi connectivity index (χ4n) is 1.99. The first-order chi connectivity index (χ1) is 11.1. The molecule has 0 saturated heterocycles. The van der Waals surface area contributed by atoms with Crippen molar-refractivity contribution in [2.45, 2.75) is 0 Å². The highest BCUT2D eigenvalue weighted by Gasteiger charge is 2.18. The minimum absolute atomic E-state index is 0.00170. The maximum atomic E-state index is 9.22. The highest BCUT2D eigenvalue weighted by molar-refractivity contribution is 5.70. The third-order valence-electron chi connectivity index (χ3n) is 3.06. The zero-order valence-electron chi connectivity index (χ0n) is 12.3. The summed E-state index contributed by atoms with van der Waals surface area (Å²) in [5.41, 5.74) is 5.79. The van der Waals surface area contributed by atoms with Crippen molar-refractivity contribution in [3.05, 3.63) is 34.5 Å². The van der Waals surface area contributed by atoms with Crippen LogP contribution in [0, 0.1) is 34.0 Å². The van der Waals surface area contributed by atoms with Gasteiger partial charge in [0.1, 0.15) is 31.4 Å². The Kier molecular flexibility index (Phi) is 4.72. The molecule has 2 rings (SSSR count). The summed E-state index contributed by atoms with van der Waals surface area (Å²) in [6.07, 6.45) is 1.45. The van der Waals surface area contributed by atoms with Crippen LogP contribution in [-0.2, 0) is 0 Å². The molecule has 0 aliphatic carbocycles. The fourth-order valence-corrected chi connectivity index (χ4v) is 1.99. The Bertz CT molecular complexity index is 786. The van der Waals surface area contributed by atoms with Gasteiger partial charge < -0.3 is 19.9 Å². The van der Waals surface area contributed by atoms with E-state index in [9.17, 15) is 5.26 Å². The molecule has 23 heavy (non-hydrogen) atoms. The molecular formula is C16H12N4O3. The van der Waals surface area contributed by atoms with Gasteiger partial charge in [0, 0.05) is 0 Å². The Hall–Kier alpha value is -3.63. The van der Waals surface area contributed by atoms with Crippen molar-refractivity contribution in [3.8, 4) is 35.5 Å². The average molecular weight is 308 g/mol. The molecule has 2 N–H and O–H groups in total. The molecule has 7 nitrogen and oxygen atoms in total. The number of rotatable bonds is 3. The number of hydrogen-bond donors (Lipinski definition) is 1. The zero-order chi connectivity index (χ0) is 16.8. The molecule has 0 unspecified atom stereocenters. The number of nitriles is 3. The van der Waals surface area contributed by atoms with E-state index in [-0.39, 0.29) is 16.8 Å². The molecular weight excluding hydrogens is 296 g/mol. The molecule has 114 valence electrons. The summed E-state index contributed by atoms with van der Waals surface area (Å²) in [6, 6.07) is 8.51. The van der Waals surface area contributed by atoms with E-state index in [1.165, 1.54) is 13.2 Å². The molecule has 1 heterocycles. The first kappa shape index (κ1) is 15.8. The molecule has 1 aromatic rings. The lowest BCUT2D eigenvalue weighted by molar-refractivity contribution is 0.165. The number of benzene rings is 1. The summed E-state index contributed by atoms with van der Waals surface area (Å²) in [7, 11) is 1.49. The maximum absolute atomic E-state index is 9.22. The second-order valence-electron chi connectivity index (χ2n) is 4.43. The molecule has 1 aliphatic rings. The van der Waals surface area contributed by atoms with Gasteiger partial charge in [0.2, 0.25) is 5.75 Å². The minimum atomic E-state index is -0.317. The number of ether oxygens (including phenoxy) is 3. The van der Waals surface area contributed by atoms with Crippen LogP contribution in [0.25, 0.3) is 6.08 Å². The number of fused-ring (bicyclic) bond motifs is 1. The van der Waals surface area contributed by atoms with Crippen molar-refractivity contribution in [1.82, 2.24) is 0 Å². The van der Waals surface area contributed by atoms with Gasteiger partial charge in [0.05, 0.1) is 18.4 Å². The van der Waals surface area contributed by atoms with Crippen molar-refractivity contribution < 1.29 is 14.2 Å². The predicted octanol–water partition coefficient (Wildman–Crippen LogP) is 1.63. The van der Waals surface area contributed by atoms with Gasteiger partial charge >= 0.3 is 0 Å². The van der Waals surface area contributed by atoms with Gasteiger partial charge in [-0.2, -0.15) is 15.8 Å². The van der Waals surface area contributed by atoms with Gasteiger partial charge in [-0.1, -0.05) is 0 Å². The Morgan fingerprint density at radius 3 is 2.48 bits per heavy atom. The second-order valence-corrected chi connectivity index (χ2v) is 4.43. The molecule has 0 aromatic heterocycles. The number of methoxy groups -OCH3 is 1. The molecule has 1 aliphatic heterocycles. The average Bonchev–Trinajstić information content (AvgIpc) is 2.59. The summed E-state index contributed by atoms with van der Waals surface area (Å²) < 4.78 is 16.3. The van der Waals surface area contributed by atoms with E-state index in [1.807, 2.05) is 6.07 Å². The van der Waals surface area contributed by atoms with Crippen LogP contribution in [0.4, 0.5) is 0 Å². The van der Waals surface area contributed by atoms with Crippen LogP contribution in [0.1, 0.15) is 5.56 Å². The van der Waals surface area contributed by atoms with Gasteiger partial charge in [-0.15, -0.1) is 0 Å². The monoisotopic (exact) mass is 308 g/mol. The number of nitrogens with two attached hydrogens (primary N) is 1. The van der Waals surface area contributed by atoms with E-state index < -0.39 is 0 Å². The maximum Gasteiger partial charge on any atom is 0.203 e. The van der Waals surface area contributed by atoms with Crippen LogP contribution in [0.3, 0.4) is 0 Å². The smallest absolute Gasteiger partial charge is 0.203 e. The molecule has 0 saturated carbocycles. The quantitative estimate of drug-likeness (QED) is 0.664. The van der Waals surface area contributed by atoms with E-state index >= 15 is 0 Å². The van der Waals surface area contributed by atoms with Gasteiger partial charge in [-0.05, 0) is 23.8 Å². The minimum Gasteiger partial charge on any atom is -0.493 e. The van der Waals surface area contributed by atoms with Crippen molar-refractivity contribution >= 4 is 6.08 Å². The lowest BCUT2D eigenvalue weighted by atomic mass is 10.1. The topological polar surface area (TPSA) is 125 Å². The molecule has 7 heteroatoms. The predicted molar refractivity (Wildman–Crippen MR) is 80.0 cm³/mol. The van der Waals surface area contributed by atoms with E-state index in [1.54, 1.807) is 24.3 Å². The lowest BCUT2D eigenvalue weighted by Gasteiger charge is -2.21. The molecule has 0 spiro atoms. The highest BCUT2D eigenvalue weighted by Crippen LogP contribution is 2.40. The van der Waals surface area contributed by atoms with Gasteiger partial charge in [-0.25, -0.2) is 0 Å². The summed E-state index contributed by atoms with van der Waals surface area (Å²) in [5, 5.41) is 26.9. The van der Waals surface area contributed by atoms with Crippen LogP contribution < -0.4 is 19.9 Å². The van der Waals surface area contributed by atoms with Crippen LogP contribution >= 0.6 is 0 Å². The van der Waals surface area contributed by atoms with E-state index in [2.05, 4.69) is 0 Å². The molecule has 0 amide bonds. The van der Waals surface area contributed by atoms with Gasteiger partial charge in [-0.3, -0.25) is 0 Å². The summed E-state index contributed by atoms with van der Waals surface area (Å²) >= 11 is 0.